The second-order valence-electron chi connectivity index (χ2n) is 4.70. The summed E-state index contributed by atoms with van der Waals surface area (Å²) in [4.78, 5) is 6.15. The minimum absolute atomic E-state index is 0.157. The molecule has 2 N–H and O–H groups in total. The normalized spacial score (nSPS) is 10.3. The molecule has 0 fully saturated rings. The number of benzene rings is 1. The van der Waals surface area contributed by atoms with Gasteiger partial charge in [-0.2, -0.15) is 0 Å². The van der Waals surface area contributed by atoms with E-state index in [2.05, 4.69) is 10.3 Å². The van der Waals surface area contributed by atoms with Crippen LogP contribution in [0.25, 0.3) is 0 Å². The summed E-state index contributed by atoms with van der Waals surface area (Å²) in [6.07, 6.45) is 1.69. The fourth-order valence-corrected chi connectivity index (χ4v) is 2.26. The Morgan fingerprint density at radius 2 is 2.10 bits per heavy atom. The molecular weight excluding hydrogens is 290 g/mol. The van der Waals surface area contributed by atoms with E-state index in [0.29, 0.717) is 23.0 Å². The van der Waals surface area contributed by atoms with Crippen LogP contribution in [0.4, 0.5) is 11.4 Å². The molecule has 0 aliphatic rings. The predicted molar refractivity (Wildman–Crippen MR) is 85.6 cm³/mol. The molecule has 0 spiro atoms. The van der Waals surface area contributed by atoms with E-state index in [1.807, 2.05) is 25.1 Å². The third kappa shape index (κ3) is 3.31. The van der Waals surface area contributed by atoms with Crippen molar-refractivity contribution >= 4 is 23.0 Å². The first kappa shape index (κ1) is 15.3. The van der Waals surface area contributed by atoms with Crippen molar-refractivity contribution in [2.45, 2.75) is 6.54 Å². The van der Waals surface area contributed by atoms with Gasteiger partial charge in [0.1, 0.15) is 11.4 Å². The van der Waals surface area contributed by atoms with E-state index in [4.69, 9.17) is 16.3 Å². The summed E-state index contributed by atoms with van der Waals surface area (Å²) in [6.45, 7) is 0.369. The number of phenols is 1. The lowest BCUT2D eigenvalue weighted by Crippen LogP contribution is -2.13. The largest absolute Gasteiger partial charge is 0.508 e. The summed E-state index contributed by atoms with van der Waals surface area (Å²) < 4.78 is 5.29. The van der Waals surface area contributed by atoms with Crippen molar-refractivity contribution in [1.29, 1.82) is 0 Å². The van der Waals surface area contributed by atoms with Gasteiger partial charge in [-0.3, -0.25) is 0 Å². The van der Waals surface area contributed by atoms with Crippen molar-refractivity contribution in [3.8, 4) is 11.6 Å². The van der Waals surface area contributed by atoms with Gasteiger partial charge in [-0.15, -0.1) is 0 Å². The van der Waals surface area contributed by atoms with Crippen molar-refractivity contribution < 1.29 is 9.84 Å². The maximum Gasteiger partial charge on any atom is 0.239 e. The van der Waals surface area contributed by atoms with Gasteiger partial charge in [0.05, 0.1) is 12.8 Å². The molecule has 112 valence electrons. The molecule has 5 nitrogen and oxygen atoms in total. The number of anilines is 2. The van der Waals surface area contributed by atoms with E-state index < -0.39 is 0 Å². The molecule has 1 aromatic heterocycles. The predicted octanol–water partition coefficient (Wildman–Crippen LogP) is 3.13. The monoisotopic (exact) mass is 307 g/mol. The van der Waals surface area contributed by atoms with Crippen LogP contribution >= 0.6 is 11.6 Å². The summed E-state index contributed by atoms with van der Waals surface area (Å²) >= 11 is 6.11. The Kier molecular flexibility index (Phi) is 4.75. The number of hydrogen-bond acceptors (Lipinski definition) is 5. The lowest BCUT2D eigenvalue weighted by molar-refractivity contribution is 0.399. The van der Waals surface area contributed by atoms with E-state index in [1.165, 1.54) is 0 Å². The molecule has 0 atom stereocenters. The van der Waals surface area contributed by atoms with E-state index in [0.717, 1.165) is 11.4 Å². The van der Waals surface area contributed by atoms with Crippen molar-refractivity contribution in [3.05, 3.63) is 41.0 Å². The number of halogens is 1. The SMILES string of the molecule is COc1nccc(N(C)C)c1NCc1c(O)cccc1Cl. The van der Waals surface area contributed by atoms with Gasteiger partial charge in [-0.25, -0.2) is 4.98 Å². The maximum absolute atomic E-state index is 9.89. The van der Waals surface area contributed by atoms with Crippen molar-refractivity contribution in [3.63, 3.8) is 0 Å². The van der Waals surface area contributed by atoms with Crippen LogP contribution in [0.1, 0.15) is 5.56 Å². The molecule has 0 saturated carbocycles. The van der Waals surface area contributed by atoms with Gasteiger partial charge in [0, 0.05) is 37.4 Å². The number of rotatable bonds is 5. The van der Waals surface area contributed by atoms with Crippen LogP contribution in [-0.4, -0.2) is 31.3 Å². The minimum Gasteiger partial charge on any atom is -0.508 e. The van der Waals surface area contributed by atoms with Crippen LogP contribution in [0, 0.1) is 0 Å². The van der Waals surface area contributed by atoms with E-state index in [1.54, 1.807) is 31.5 Å². The molecular formula is C15H18ClN3O2. The molecule has 0 radical (unpaired) electrons. The standard InChI is InChI=1S/C15H18ClN3O2/c1-19(2)12-7-8-17-15(21-3)14(12)18-9-10-11(16)5-4-6-13(10)20/h4-8,18,20H,9H2,1-3H3. The Morgan fingerprint density at radius 1 is 1.33 bits per heavy atom. The zero-order valence-electron chi connectivity index (χ0n) is 12.2. The fourth-order valence-electron chi connectivity index (χ4n) is 2.03. The minimum atomic E-state index is 0.157. The Hall–Kier alpha value is -2.14. The number of hydrogen-bond donors (Lipinski definition) is 2. The second kappa shape index (κ2) is 6.54. The summed E-state index contributed by atoms with van der Waals surface area (Å²) in [7, 11) is 5.44. The summed E-state index contributed by atoms with van der Waals surface area (Å²) in [5.74, 6) is 0.650. The van der Waals surface area contributed by atoms with Gasteiger partial charge in [-0.1, -0.05) is 17.7 Å². The Morgan fingerprint density at radius 3 is 2.71 bits per heavy atom. The van der Waals surface area contributed by atoms with Crippen molar-refractivity contribution in [2.24, 2.45) is 0 Å². The summed E-state index contributed by atoms with van der Waals surface area (Å²) in [6, 6.07) is 6.94. The van der Waals surface area contributed by atoms with E-state index >= 15 is 0 Å². The van der Waals surface area contributed by atoms with Gasteiger partial charge in [0.2, 0.25) is 5.88 Å². The third-order valence-corrected chi connectivity index (χ3v) is 3.46. The van der Waals surface area contributed by atoms with Crippen LogP contribution in [0.15, 0.2) is 30.5 Å². The highest BCUT2D eigenvalue weighted by atomic mass is 35.5. The van der Waals surface area contributed by atoms with Crippen LogP contribution in [0.5, 0.6) is 11.6 Å². The highest BCUT2D eigenvalue weighted by Crippen LogP contribution is 2.34. The molecule has 0 saturated heterocycles. The molecule has 21 heavy (non-hydrogen) atoms. The van der Waals surface area contributed by atoms with Gasteiger partial charge in [-0.05, 0) is 18.2 Å². The Labute approximate surface area is 129 Å². The number of pyridine rings is 1. The third-order valence-electron chi connectivity index (χ3n) is 3.11. The molecule has 1 heterocycles. The molecule has 2 aromatic rings. The number of aromatic hydroxyl groups is 1. The maximum atomic E-state index is 9.89. The van der Waals surface area contributed by atoms with Crippen molar-refractivity contribution in [2.75, 3.05) is 31.4 Å². The number of phenolic OH excluding ortho intramolecular Hbond substituents is 1. The number of nitrogens with zero attached hydrogens (tertiary/aromatic N) is 2. The number of methoxy groups -OCH3 is 1. The molecule has 0 unspecified atom stereocenters. The second-order valence-corrected chi connectivity index (χ2v) is 5.11. The molecule has 0 aliphatic carbocycles. The highest BCUT2D eigenvalue weighted by molar-refractivity contribution is 6.31. The van der Waals surface area contributed by atoms with Gasteiger partial charge >= 0.3 is 0 Å². The molecule has 1 aromatic carbocycles. The van der Waals surface area contributed by atoms with Gasteiger partial charge in [0.25, 0.3) is 0 Å². The quantitative estimate of drug-likeness (QED) is 0.889. The number of nitrogens with one attached hydrogen (secondary N) is 1. The molecule has 2 rings (SSSR count). The first-order valence-corrected chi connectivity index (χ1v) is 6.83. The lowest BCUT2D eigenvalue weighted by Gasteiger charge is -2.20. The van der Waals surface area contributed by atoms with Gasteiger partial charge in [0.15, 0.2) is 0 Å². The van der Waals surface area contributed by atoms with Crippen LogP contribution in [0.2, 0.25) is 5.02 Å². The van der Waals surface area contributed by atoms with Crippen LogP contribution in [0.3, 0.4) is 0 Å². The molecule has 0 bridgehead atoms. The smallest absolute Gasteiger partial charge is 0.239 e. The number of ether oxygens (including phenoxy) is 1. The highest BCUT2D eigenvalue weighted by Gasteiger charge is 2.13. The Bertz CT molecular complexity index is 612. The zero-order valence-corrected chi connectivity index (χ0v) is 13.0. The number of aromatic nitrogens is 1. The first-order chi connectivity index (χ1) is 10.0. The molecule has 0 aliphatic heterocycles. The molecule has 6 heteroatoms. The molecule has 0 amide bonds. The van der Waals surface area contributed by atoms with E-state index in [-0.39, 0.29) is 5.75 Å². The Balaban J connectivity index is 2.31. The average Bonchev–Trinajstić information content (AvgIpc) is 2.46. The van der Waals surface area contributed by atoms with Crippen LogP contribution in [-0.2, 0) is 6.54 Å². The first-order valence-electron chi connectivity index (χ1n) is 6.45. The average molecular weight is 308 g/mol. The van der Waals surface area contributed by atoms with Crippen molar-refractivity contribution in [1.82, 2.24) is 4.98 Å². The fraction of sp³-hybridized carbons (Fsp3) is 0.267. The summed E-state index contributed by atoms with van der Waals surface area (Å²) in [5, 5.41) is 13.6. The van der Waals surface area contributed by atoms with Gasteiger partial charge < -0.3 is 20.1 Å². The topological polar surface area (TPSA) is 57.6 Å². The zero-order chi connectivity index (χ0) is 15.4. The van der Waals surface area contributed by atoms with E-state index in [9.17, 15) is 5.11 Å². The summed E-state index contributed by atoms with van der Waals surface area (Å²) in [5.41, 5.74) is 2.33. The lowest BCUT2D eigenvalue weighted by atomic mass is 10.2. The van der Waals surface area contributed by atoms with Crippen LogP contribution < -0.4 is 15.0 Å².